The number of carbonyl (C=O) groups excluding carboxylic acids is 1. The Morgan fingerprint density at radius 2 is 1.89 bits per heavy atom. The summed E-state index contributed by atoms with van der Waals surface area (Å²) in [5, 5.41) is 3.06. The number of amides is 1. The van der Waals surface area contributed by atoms with Gasteiger partial charge in [0.05, 0.1) is 39.0 Å². The molecule has 1 N–H and O–H groups in total. The van der Waals surface area contributed by atoms with Crippen molar-refractivity contribution < 1.29 is 19.0 Å². The molecule has 1 aliphatic heterocycles. The maximum absolute atomic E-state index is 12.7. The number of nitrogens with one attached hydrogen (secondary N) is 1. The van der Waals surface area contributed by atoms with E-state index in [1.807, 2.05) is 30.3 Å². The first-order valence-electron chi connectivity index (χ1n) is 9.10. The summed E-state index contributed by atoms with van der Waals surface area (Å²) in [6.07, 6.45) is 0. The van der Waals surface area contributed by atoms with Crippen molar-refractivity contribution in [1.82, 2.24) is 10.2 Å². The van der Waals surface area contributed by atoms with Crippen LogP contribution in [0.3, 0.4) is 0 Å². The summed E-state index contributed by atoms with van der Waals surface area (Å²) in [5.74, 6) is 1.23. The van der Waals surface area contributed by atoms with Gasteiger partial charge < -0.3 is 19.5 Å². The number of methoxy groups -OCH3 is 2. The maximum atomic E-state index is 12.7. The van der Waals surface area contributed by atoms with Crippen molar-refractivity contribution in [1.29, 1.82) is 0 Å². The zero-order valence-electron chi connectivity index (χ0n) is 15.8. The highest BCUT2D eigenvalue weighted by atomic mass is 16.5. The lowest BCUT2D eigenvalue weighted by Gasteiger charge is -2.35. The number of hydrogen-bond acceptors (Lipinski definition) is 5. The monoisotopic (exact) mass is 370 g/mol. The highest BCUT2D eigenvalue weighted by Gasteiger charge is 2.24. The summed E-state index contributed by atoms with van der Waals surface area (Å²) in [4.78, 5) is 15.0. The van der Waals surface area contributed by atoms with Crippen LogP contribution in [0.4, 0.5) is 0 Å². The molecule has 1 unspecified atom stereocenters. The molecule has 1 aliphatic rings. The van der Waals surface area contributed by atoms with Crippen LogP contribution < -0.4 is 14.8 Å². The molecule has 1 saturated heterocycles. The van der Waals surface area contributed by atoms with Crippen molar-refractivity contribution in [3.8, 4) is 11.5 Å². The molecule has 0 spiro atoms. The standard InChI is InChI=1S/C21H26N2O4/c1-25-17-7-5-6-16(14-17)19(23-10-12-27-13-11-23)15-22-21(24)18-8-3-4-9-20(18)26-2/h3-9,14,19H,10-13,15H2,1-2H3,(H,22,24). The molecule has 0 aliphatic carbocycles. The highest BCUT2D eigenvalue weighted by Crippen LogP contribution is 2.25. The molecule has 1 amide bonds. The minimum atomic E-state index is -0.145. The van der Waals surface area contributed by atoms with Gasteiger partial charge in [-0.05, 0) is 29.8 Å². The van der Waals surface area contributed by atoms with Crippen molar-refractivity contribution in [3.63, 3.8) is 0 Å². The fourth-order valence-electron chi connectivity index (χ4n) is 3.31. The Bertz CT molecular complexity index is 759. The molecular formula is C21H26N2O4. The summed E-state index contributed by atoms with van der Waals surface area (Å²) >= 11 is 0. The van der Waals surface area contributed by atoms with Crippen molar-refractivity contribution in [3.05, 3.63) is 59.7 Å². The van der Waals surface area contributed by atoms with Gasteiger partial charge in [-0.25, -0.2) is 0 Å². The molecule has 0 aromatic heterocycles. The molecule has 0 saturated carbocycles. The van der Waals surface area contributed by atoms with Crippen molar-refractivity contribution >= 4 is 5.91 Å². The van der Waals surface area contributed by atoms with Crippen molar-refractivity contribution in [2.24, 2.45) is 0 Å². The molecule has 1 fully saturated rings. The molecule has 6 nitrogen and oxygen atoms in total. The van der Waals surface area contributed by atoms with E-state index in [2.05, 4.69) is 16.3 Å². The van der Waals surface area contributed by atoms with Crippen LogP contribution in [0.1, 0.15) is 22.0 Å². The number of morpholine rings is 1. The van der Waals surface area contributed by atoms with Gasteiger partial charge in [0, 0.05) is 19.6 Å². The van der Waals surface area contributed by atoms with Crippen LogP contribution in [0.25, 0.3) is 0 Å². The summed E-state index contributed by atoms with van der Waals surface area (Å²) in [6.45, 7) is 3.53. The smallest absolute Gasteiger partial charge is 0.255 e. The van der Waals surface area contributed by atoms with Gasteiger partial charge in [0.25, 0.3) is 5.91 Å². The summed E-state index contributed by atoms with van der Waals surface area (Å²) in [6, 6.07) is 15.3. The SMILES string of the molecule is COc1cccc(C(CNC(=O)c2ccccc2OC)N2CCOCC2)c1. The Morgan fingerprint density at radius 3 is 2.63 bits per heavy atom. The predicted molar refractivity (Wildman–Crippen MR) is 103 cm³/mol. The molecule has 6 heteroatoms. The first-order valence-corrected chi connectivity index (χ1v) is 9.10. The minimum absolute atomic E-state index is 0.0441. The van der Waals surface area contributed by atoms with Crippen molar-refractivity contribution in [2.75, 3.05) is 47.1 Å². The lowest BCUT2D eigenvalue weighted by Crippen LogP contribution is -2.43. The number of benzene rings is 2. The fourth-order valence-corrected chi connectivity index (χ4v) is 3.31. The third kappa shape index (κ3) is 4.78. The largest absolute Gasteiger partial charge is 0.497 e. The van der Waals surface area contributed by atoms with Crippen molar-refractivity contribution in [2.45, 2.75) is 6.04 Å². The van der Waals surface area contributed by atoms with E-state index < -0.39 is 0 Å². The van der Waals surface area contributed by atoms with Gasteiger partial charge in [-0.1, -0.05) is 24.3 Å². The average Bonchev–Trinajstić information content (AvgIpc) is 2.74. The number of hydrogen-bond donors (Lipinski definition) is 1. The quantitative estimate of drug-likeness (QED) is 0.812. The van der Waals surface area contributed by atoms with E-state index in [0.717, 1.165) is 24.4 Å². The first kappa shape index (κ1) is 19.2. The van der Waals surface area contributed by atoms with Crippen LogP contribution in [0, 0.1) is 0 Å². The second kappa shape index (κ2) is 9.39. The number of nitrogens with zero attached hydrogens (tertiary/aromatic N) is 1. The molecule has 27 heavy (non-hydrogen) atoms. The van der Waals surface area contributed by atoms with Crippen LogP contribution in [-0.2, 0) is 4.74 Å². The number of carbonyl (C=O) groups is 1. The van der Waals surface area contributed by atoms with E-state index in [4.69, 9.17) is 14.2 Å². The Labute approximate surface area is 160 Å². The number of ether oxygens (including phenoxy) is 3. The summed E-state index contributed by atoms with van der Waals surface area (Å²) < 4.78 is 16.2. The molecule has 2 aromatic carbocycles. The lowest BCUT2D eigenvalue weighted by molar-refractivity contribution is 0.0162. The van der Waals surface area contributed by atoms with Gasteiger partial charge in [0.15, 0.2) is 0 Å². The second-order valence-corrected chi connectivity index (χ2v) is 6.35. The van der Waals surface area contributed by atoms with Crippen LogP contribution in [-0.4, -0.2) is 57.9 Å². The summed E-state index contributed by atoms with van der Waals surface area (Å²) in [7, 11) is 3.23. The van der Waals surface area contributed by atoms with Gasteiger partial charge in [-0.2, -0.15) is 0 Å². The molecule has 0 bridgehead atoms. The average molecular weight is 370 g/mol. The molecule has 1 heterocycles. The Hall–Kier alpha value is -2.57. The van der Waals surface area contributed by atoms with Crippen LogP contribution in [0.15, 0.2) is 48.5 Å². The van der Waals surface area contributed by atoms with Gasteiger partial charge in [-0.15, -0.1) is 0 Å². The van der Waals surface area contributed by atoms with Gasteiger partial charge in [-0.3, -0.25) is 9.69 Å². The zero-order chi connectivity index (χ0) is 19.1. The van der Waals surface area contributed by atoms with E-state index in [1.165, 1.54) is 0 Å². The zero-order valence-corrected chi connectivity index (χ0v) is 15.8. The third-order valence-corrected chi connectivity index (χ3v) is 4.77. The predicted octanol–water partition coefficient (Wildman–Crippen LogP) is 2.51. The van der Waals surface area contributed by atoms with E-state index in [-0.39, 0.29) is 11.9 Å². The topological polar surface area (TPSA) is 60.0 Å². The molecule has 2 aromatic rings. The normalized spacial score (nSPS) is 15.8. The van der Waals surface area contributed by atoms with E-state index in [0.29, 0.717) is 31.1 Å². The molecule has 1 atom stereocenters. The first-order chi connectivity index (χ1) is 13.2. The Morgan fingerprint density at radius 1 is 1.11 bits per heavy atom. The molecule has 0 radical (unpaired) electrons. The number of rotatable bonds is 7. The highest BCUT2D eigenvalue weighted by molar-refractivity contribution is 5.96. The van der Waals surface area contributed by atoms with Gasteiger partial charge in [0.1, 0.15) is 11.5 Å². The van der Waals surface area contributed by atoms with Crippen LogP contribution >= 0.6 is 0 Å². The van der Waals surface area contributed by atoms with Crippen LogP contribution in [0.5, 0.6) is 11.5 Å². The summed E-state index contributed by atoms with van der Waals surface area (Å²) in [5.41, 5.74) is 1.64. The maximum Gasteiger partial charge on any atom is 0.255 e. The van der Waals surface area contributed by atoms with E-state index in [1.54, 1.807) is 26.4 Å². The van der Waals surface area contributed by atoms with E-state index in [9.17, 15) is 4.79 Å². The fraction of sp³-hybridized carbons (Fsp3) is 0.381. The Balaban J connectivity index is 1.77. The van der Waals surface area contributed by atoms with Gasteiger partial charge >= 0.3 is 0 Å². The second-order valence-electron chi connectivity index (χ2n) is 6.35. The minimum Gasteiger partial charge on any atom is -0.497 e. The lowest BCUT2D eigenvalue weighted by atomic mass is 10.0. The van der Waals surface area contributed by atoms with E-state index >= 15 is 0 Å². The Kier molecular flexibility index (Phi) is 6.68. The molecular weight excluding hydrogens is 344 g/mol. The van der Waals surface area contributed by atoms with Crippen LogP contribution in [0.2, 0.25) is 0 Å². The molecule has 3 rings (SSSR count). The van der Waals surface area contributed by atoms with Gasteiger partial charge in [0.2, 0.25) is 0 Å². The number of para-hydroxylation sites is 1. The molecule has 144 valence electrons. The third-order valence-electron chi connectivity index (χ3n) is 4.77.